The largest absolute Gasteiger partial charge is 0.465 e. The first-order chi connectivity index (χ1) is 9.20. The number of ether oxygens (including phenoxy) is 1. The van der Waals surface area contributed by atoms with Gasteiger partial charge in [0.15, 0.2) is 0 Å². The number of nitrogens with one attached hydrogen (secondary N) is 2. The minimum absolute atomic E-state index is 0.372. The minimum Gasteiger partial charge on any atom is -0.465 e. The van der Waals surface area contributed by atoms with Crippen LogP contribution in [0.4, 0.5) is 0 Å². The number of aryl methyl sites for hydroxylation is 1. The first-order valence-corrected chi connectivity index (χ1v) is 6.07. The molecule has 2 aromatic heterocycles. The lowest BCUT2D eigenvalue weighted by Crippen LogP contribution is -2.16. The summed E-state index contributed by atoms with van der Waals surface area (Å²) in [6.45, 7) is 3.10. The Morgan fingerprint density at radius 3 is 3.11 bits per heavy atom. The number of furan rings is 1. The Balaban J connectivity index is 1.81. The lowest BCUT2D eigenvalue weighted by atomic mass is 10.2. The molecule has 0 aliphatic rings. The van der Waals surface area contributed by atoms with Gasteiger partial charge < -0.3 is 19.5 Å². The maximum Gasteiger partial charge on any atom is 0.341 e. The number of carbonyl (C=O) groups excluding carboxylic acids is 1. The van der Waals surface area contributed by atoms with Gasteiger partial charge in [0, 0.05) is 25.4 Å². The summed E-state index contributed by atoms with van der Waals surface area (Å²) in [6.07, 6.45) is 4.35. The van der Waals surface area contributed by atoms with Crippen LogP contribution in [0.25, 0.3) is 0 Å². The Morgan fingerprint density at radius 1 is 1.58 bits per heavy atom. The molecule has 0 atom stereocenters. The molecule has 0 fully saturated rings. The van der Waals surface area contributed by atoms with E-state index in [1.54, 1.807) is 25.4 Å². The molecular weight excluding hydrogens is 246 g/mol. The summed E-state index contributed by atoms with van der Waals surface area (Å²) in [7, 11) is 1.36. The van der Waals surface area contributed by atoms with Crippen LogP contribution in [0.3, 0.4) is 0 Å². The zero-order valence-corrected chi connectivity index (χ0v) is 11.0. The van der Waals surface area contributed by atoms with E-state index < -0.39 is 0 Å². The van der Waals surface area contributed by atoms with Gasteiger partial charge in [-0.2, -0.15) is 0 Å². The van der Waals surface area contributed by atoms with Crippen molar-refractivity contribution in [3.05, 3.63) is 41.4 Å². The number of carbonyl (C=O) groups is 1. The molecule has 0 unspecified atom stereocenters. The fourth-order valence-electron chi connectivity index (χ4n) is 1.80. The molecule has 0 aromatic carbocycles. The molecular formula is C13H17N3O3. The molecule has 2 heterocycles. The molecule has 0 aliphatic heterocycles. The quantitative estimate of drug-likeness (QED) is 0.608. The molecule has 19 heavy (non-hydrogen) atoms. The summed E-state index contributed by atoms with van der Waals surface area (Å²) >= 11 is 0. The van der Waals surface area contributed by atoms with Crippen LogP contribution in [0.5, 0.6) is 0 Å². The number of methoxy groups -OCH3 is 1. The molecule has 0 amide bonds. The predicted molar refractivity (Wildman–Crippen MR) is 68.8 cm³/mol. The molecule has 0 bridgehead atoms. The highest BCUT2D eigenvalue weighted by Crippen LogP contribution is 2.15. The number of hydrogen-bond donors (Lipinski definition) is 2. The zero-order chi connectivity index (χ0) is 13.7. The van der Waals surface area contributed by atoms with Crippen molar-refractivity contribution in [2.24, 2.45) is 0 Å². The lowest BCUT2D eigenvalue weighted by molar-refractivity contribution is 0.0599. The number of rotatable bonds is 6. The van der Waals surface area contributed by atoms with Gasteiger partial charge in [-0.1, -0.05) is 0 Å². The van der Waals surface area contributed by atoms with Gasteiger partial charge in [0.05, 0.1) is 13.7 Å². The van der Waals surface area contributed by atoms with Gasteiger partial charge in [-0.3, -0.25) is 0 Å². The molecule has 0 radical (unpaired) electrons. The van der Waals surface area contributed by atoms with Crippen LogP contribution in [0.2, 0.25) is 0 Å². The van der Waals surface area contributed by atoms with Crippen molar-refractivity contribution in [1.29, 1.82) is 0 Å². The molecule has 0 aliphatic carbocycles. The fraction of sp³-hybridized carbons (Fsp3) is 0.385. The van der Waals surface area contributed by atoms with E-state index in [4.69, 9.17) is 4.42 Å². The number of aromatic nitrogens is 2. The zero-order valence-electron chi connectivity index (χ0n) is 11.0. The third-order valence-corrected chi connectivity index (χ3v) is 2.77. The second-order valence-corrected chi connectivity index (χ2v) is 4.14. The first-order valence-electron chi connectivity index (χ1n) is 6.07. The van der Waals surface area contributed by atoms with Crippen molar-refractivity contribution >= 4 is 5.97 Å². The third-order valence-electron chi connectivity index (χ3n) is 2.77. The van der Waals surface area contributed by atoms with E-state index in [0.717, 1.165) is 24.6 Å². The topological polar surface area (TPSA) is 80.1 Å². The highest BCUT2D eigenvalue weighted by Gasteiger charge is 2.14. The summed E-state index contributed by atoms with van der Waals surface area (Å²) in [5.41, 5.74) is 0.477. The molecule has 2 aromatic rings. The average Bonchev–Trinajstić information content (AvgIpc) is 3.03. The van der Waals surface area contributed by atoms with Gasteiger partial charge in [-0.15, -0.1) is 0 Å². The highest BCUT2D eigenvalue weighted by atomic mass is 16.5. The van der Waals surface area contributed by atoms with Gasteiger partial charge in [0.2, 0.25) is 0 Å². The second-order valence-electron chi connectivity index (χ2n) is 4.14. The van der Waals surface area contributed by atoms with Crippen molar-refractivity contribution < 1.29 is 13.9 Å². The smallest absolute Gasteiger partial charge is 0.341 e. The highest BCUT2D eigenvalue weighted by molar-refractivity contribution is 5.90. The molecule has 6 heteroatoms. The molecule has 2 rings (SSSR count). The Bertz CT molecular complexity index is 531. The minimum atomic E-state index is -0.372. The molecule has 0 spiro atoms. The summed E-state index contributed by atoms with van der Waals surface area (Å²) in [4.78, 5) is 18.6. The number of esters is 1. The number of hydrogen-bond acceptors (Lipinski definition) is 5. The maximum absolute atomic E-state index is 11.4. The predicted octanol–water partition coefficient (Wildman–Crippen LogP) is 1.43. The van der Waals surface area contributed by atoms with Crippen LogP contribution in [0, 0.1) is 6.92 Å². The lowest BCUT2D eigenvalue weighted by Gasteiger charge is -2.00. The first kappa shape index (κ1) is 13.4. The number of nitrogens with zero attached hydrogens (tertiary/aromatic N) is 1. The van der Waals surface area contributed by atoms with Gasteiger partial charge >= 0.3 is 5.97 Å². The van der Waals surface area contributed by atoms with Crippen LogP contribution >= 0.6 is 0 Å². The molecule has 102 valence electrons. The van der Waals surface area contributed by atoms with Gasteiger partial charge in [0.1, 0.15) is 22.9 Å². The van der Waals surface area contributed by atoms with E-state index in [-0.39, 0.29) is 5.97 Å². The van der Waals surface area contributed by atoms with Crippen molar-refractivity contribution in [1.82, 2.24) is 15.3 Å². The van der Waals surface area contributed by atoms with Crippen molar-refractivity contribution in [2.75, 3.05) is 13.7 Å². The van der Waals surface area contributed by atoms with E-state index in [9.17, 15) is 4.79 Å². The van der Waals surface area contributed by atoms with Gasteiger partial charge in [0.25, 0.3) is 0 Å². The molecule has 0 saturated carbocycles. The standard InChI is InChI=1S/C13H17N3O3/c1-9-11(13(17)18-2)7-10(19-9)8-14-4-3-12-15-5-6-16-12/h5-7,14H,3-4,8H2,1-2H3,(H,15,16). The monoisotopic (exact) mass is 263 g/mol. The van der Waals surface area contributed by atoms with E-state index in [2.05, 4.69) is 20.0 Å². The summed E-state index contributed by atoms with van der Waals surface area (Å²) in [6, 6.07) is 1.71. The second kappa shape index (κ2) is 6.19. The molecule has 6 nitrogen and oxygen atoms in total. The third kappa shape index (κ3) is 3.45. The SMILES string of the molecule is COC(=O)c1cc(CNCCc2ncc[nH]2)oc1C. The Hall–Kier alpha value is -2.08. The Labute approximate surface area is 111 Å². The van der Waals surface area contributed by atoms with E-state index in [0.29, 0.717) is 17.9 Å². The molecule has 0 saturated heterocycles. The van der Waals surface area contributed by atoms with Crippen LogP contribution in [-0.4, -0.2) is 29.6 Å². The fourth-order valence-corrected chi connectivity index (χ4v) is 1.80. The van der Waals surface area contributed by atoms with E-state index in [1.165, 1.54) is 7.11 Å². The Kier molecular flexibility index (Phi) is 4.35. The van der Waals surface area contributed by atoms with Gasteiger partial charge in [-0.25, -0.2) is 9.78 Å². The Morgan fingerprint density at radius 2 is 2.42 bits per heavy atom. The maximum atomic E-state index is 11.4. The van der Waals surface area contributed by atoms with Crippen molar-refractivity contribution in [3.8, 4) is 0 Å². The summed E-state index contributed by atoms with van der Waals surface area (Å²) in [5.74, 6) is 1.87. The number of imidazole rings is 1. The molecule has 2 N–H and O–H groups in total. The van der Waals surface area contributed by atoms with Crippen LogP contribution < -0.4 is 5.32 Å². The summed E-state index contributed by atoms with van der Waals surface area (Å²) in [5, 5.41) is 3.23. The van der Waals surface area contributed by atoms with Crippen molar-refractivity contribution in [2.45, 2.75) is 19.9 Å². The van der Waals surface area contributed by atoms with Crippen LogP contribution in [0.15, 0.2) is 22.9 Å². The van der Waals surface area contributed by atoms with E-state index in [1.807, 2.05) is 0 Å². The normalized spacial score (nSPS) is 10.6. The van der Waals surface area contributed by atoms with Crippen molar-refractivity contribution in [3.63, 3.8) is 0 Å². The average molecular weight is 263 g/mol. The summed E-state index contributed by atoms with van der Waals surface area (Å²) < 4.78 is 10.2. The van der Waals surface area contributed by atoms with Gasteiger partial charge in [-0.05, 0) is 13.0 Å². The number of aromatic amines is 1. The van der Waals surface area contributed by atoms with Crippen LogP contribution in [-0.2, 0) is 17.7 Å². The van der Waals surface area contributed by atoms with Crippen LogP contribution in [0.1, 0.15) is 27.7 Å². The van der Waals surface area contributed by atoms with E-state index >= 15 is 0 Å². The number of H-pyrrole nitrogens is 1.